The maximum absolute atomic E-state index is 13.2. The van der Waals surface area contributed by atoms with E-state index >= 15 is 0 Å². The van der Waals surface area contributed by atoms with Gasteiger partial charge in [0, 0.05) is 6.54 Å². The maximum Gasteiger partial charge on any atom is 0.238 e. The Kier molecular flexibility index (Phi) is 4.60. The number of halogens is 1. The molecule has 1 fully saturated rings. The second-order valence-corrected chi connectivity index (χ2v) is 5.26. The quantitative estimate of drug-likeness (QED) is 0.829. The van der Waals surface area contributed by atoms with Crippen LogP contribution >= 0.6 is 11.8 Å². The molecule has 0 aliphatic carbocycles. The van der Waals surface area contributed by atoms with Crippen LogP contribution in [0.25, 0.3) is 0 Å². The molecule has 1 aromatic carbocycles. The van der Waals surface area contributed by atoms with Gasteiger partial charge in [-0.2, -0.15) is 11.8 Å². The Morgan fingerprint density at radius 2 is 2.39 bits per heavy atom. The first-order chi connectivity index (χ1) is 8.72. The molecule has 98 valence electrons. The number of hydrogen-bond donors (Lipinski definition) is 1. The van der Waals surface area contributed by atoms with Gasteiger partial charge in [-0.3, -0.25) is 10.1 Å². The van der Waals surface area contributed by atoms with Crippen molar-refractivity contribution >= 4 is 17.7 Å². The molecule has 1 unspecified atom stereocenters. The lowest BCUT2D eigenvalue weighted by molar-refractivity contribution is -0.128. The molecular weight excluding hydrogens is 251 g/mol. The van der Waals surface area contributed by atoms with Crippen LogP contribution in [0.5, 0.6) is 0 Å². The molecular formula is C13H17FN2OS. The monoisotopic (exact) mass is 268 g/mol. The van der Waals surface area contributed by atoms with Gasteiger partial charge in [0.1, 0.15) is 12.0 Å². The van der Waals surface area contributed by atoms with E-state index in [1.807, 2.05) is 12.3 Å². The predicted molar refractivity (Wildman–Crippen MR) is 71.9 cm³/mol. The summed E-state index contributed by atoms with van der Waals surface area (Å²) < 4.78 is 13.2. The zero-order chi connectivity index (χ0) is 13.0. The minimum absolute atomic E-state index is 0.0883. The Balaban J connectivity index is 2.08. The van der Waals surface area contributed by atoms with Crippen molar-refractivity contribution < 1.29 is 9.18 Å². The summed E-state index contributed by atoms with van der Waals surface area (Å²) in [6.07, 6.45) is 2.82. The first kappa shape index (κ1) is 13.4. The number of amides is 1. The zero-order valence-electron chi connectivity index (χ0n) is 10.4. The third kappa shape index (κ3) is 3.03. The number of rotatable bonds is 5. The van der Waals surface area contributed by atoms with Gasteiger partial charge in [-0.25, -0.2) is 4.39 Å². The van der Waals surface area contributed by atoms with Crippen LogP contribution in [0, 0.1) is 5.82 Å². The van der Waals surface area contributed by atoms with E-state index in [2.05, 4.69) is 5.32 Å². The number of nitrogens with one attached hydrogen (secondary N) is 1. The first-order valence-electron chi connectivity index (χ1n) is 5.99. The average molecular weight is 268 g/mol. The van der Waals surface area contributed by atoms with Gasteiger partial charge in [0.25, 0.3) is 0 Å². The van der Waals surface area contributed by atoms with Gasteiger partial charge in [-0.15, -0.1) is 0 Å². The largest absolute Gasteiger partial charge is 0.322 e. The van der Waals surface area contributed by atoms with Gasteiger partial charge in [-0.1, -0.05) is 12.1 Å². The van der Waals surface area contributed by atoms with Crippen molar-refractivity contribution in [2.75, 3.05) is 25.1 Å². The maximum atomic E-state index is 13.2. The normalized spacial score (nSPS) is 19.6. The highest BCUT2D eigenvalue weighted by Crippen LogP contribution is 2.23. The summed E-state index contributed by atoms with van der Waals surface area (Å²) in [5.41, 5.74) is 0.810. The van der Waals surface area contributed by atoms with Crippen LogP contribution < -0.4 is 5.32 Å². The summed E-state index contributed by atoms with van der Waals surface area (Å²) in [4.78, 5) is 13.6. The van der Waals surface area contributed by atoms with E-state index in [1.165, 1.54) is 12.1 Å². The average Bonchev–Trinajstić information content (AvgIpc) is 2.72. The Labute approximate surface area is 111 Å². The van der Waals surface area contributed by atoms with Gasteiger partial charge < -0.3 is 4.90 Å². The first-order valence-corrected chi connectivity index (χ1v) is 7.39. The van der Waals surface area contributed by atoms with Crippen LogP contribution in [-0.4, -0.2) is 35.9 Å². The lowest BCUT2D eigenvalue weighted by atomic mass is 10.1. The van der Waals surface area contributed by atoms with Crippen molar-refractivity contribution in [3.05, 3.63) is 35.6 Å². The number of nitrogens with zero attached hydrogens (tertiary/aromatic N) is 1. The predicted octanol–water partition coefficient (Wildman–Crippen LogP) is 2.01. The molecule has 1 aromatic rings. The van der Waals surface area contributed by atoms with Crippen LogP contribution in [-0.2, 0) is 4.79 Å². The molecule has 1 heterocycles. The van der Waals surface area contributed by atoms with Gasteiger partial charge in [0.2, 0.25) is 5.91 Å². The SMILES string of the molecule is CSCCCN1C(=O)CNC1c1cccc(F)c1. The fraction of sp³-hybridized carbons (Fsp3) is 0.462. The van der Waals surface area contributed by atoms with E-state index in [1.54, 1.807) is 22.7 Å². The minimum Gasteiger partial charge on any atom is -0.322 e. The molecule has 18 heavy (non-hydrogen) atoms. The minimum atomic E-state index is -0.266. The number of thioether (sulfide) groups is 1. The zero-order valence-corrected chi connectivity index (χ0v) is 11.2. The summed E-state index contributed by atoms with van der Waals surface area (Å²) in [6, 6.07) is 6.42. The smallest absolute Gasteiger partial charge is 0.238 e. The molecule has 0 radical (unpaired) electrons. The topological polar surface area (TPSA) is 32.3 Å². The third-order valence-corrected chi connectivity index (χ3v) is 3.69. The Hall–Kier alpha value is -1.07. The van der Waals surface area contributed by atoms with Crippen LogP contribution in [0.2, 0.25) is 0 Å². The molecule has 0 bridgehead atoms. The van der Waals surface area contributed by atoms with Crippen molar-refractivity contribution in [2.24, 2.45) is 0 Å². The van der Waals surface area contributed by atoms with Crippen LogP contribution in [0.1, 0.15) is 18.2 Å². The van der Waals surface area contributed by atoms with E-state index in [0.29, 0.717) is 13.1 Å². The fourth-order valence-corrected chi connectivity index (χ4v) is 2.56. The molecule has 2 rings (SSSR count). The number of benzene rings is 1. The molecule has 1 aliphatic rings. The summed E-state index contributed by atoms with van der Waals surface area (Å²) in [5.74, 6) is 0.850. The highest BCUT2D eigenvalue weighted by atomic mass is 32.2. The second kappa shape index (κ2) is 6.20. The summed E-state index contributed by atoms with van der Waals surface area (Å²) in [5, 5.41) is 3.13. The molecule has 1 N–H and O–H groups in total. The van der Waals surface area contributed by atoms with E-state index < -0.39 is 0 Å². The highest BCUT2D eigenvalue weighted by molar-refractivity contribution is 7.98. The van der Waals surface area contributed by atoms with Crippen molar-refractivity contribution in [3.63, 3.8) is 0 Å². The lowest BCUT2D eigenvalue weighted by Crippen LogP contribution is -2.31. The van der Waals surface area contributed by atoms with Gasteiger partial charge in [-0.05, 0) is 36.1 Å². The third-order valence-electron chi connectivity index (χ3n) is 2.99. The molecule has 1 saturated heterocycles. The molecule has 0 saturated carbocycles. The molecule has 1 amide bonds. The Bertz CT molecular complexity index is 427. The van der Waals surface area contributed by atoms with Crippen molar-refractivity contribution in [3.8, 4) is 0 Å². The van der Waals surface area contributed by atoms with E-state index in [9.17, 15) is 9.18 Å². The molecule has 5 heteroatoms. The van der Waals surface area contributed by atoms with Crippen molar-refractivity contribution in [2.45, 2.75) is 12.6 Å². The molecule has 0 aromatic heterocycles. The van der Waals surface area contributed by atoms with Gasteiger partial charge in [0.05, 0.1) is 6.54 Å². The van der Waals surface area contributed by atoms with Crippen LogP contribution in [0.15, 0.2) is 24.3 Å². The van der Waals surface area contributed by atoms with Crippen molar-refractivity contribution in [1.29, 1.82) is 0 Å². The van der Waals surface area contributed by atoms with Crippen LogP contribution in [0.4, 0.5) is 4.39 Å². The molecule has 0 spiro atoms. The van der Waals surface area contributed by atoms with Crippen LogP contribution in [0.3, 0.4) is 0 Å². The van der Waals surface area contributed by atoms with Crippen molar-refractivity contribution in [1.82, 2.24) is 10.2 Å². The van der Waals surface area contributed by atoms with E-state index in [4.69, 9.17) is 0 Å². The standard InChI is InChI=1S/C13H17FN2OS/c1-18-7-3-6-16-12(17)9-15-13(16)10-4-2-5-11(14)8-10/h2,4-5,8,13,15H,3,6-7,9H2,1H3. The molecule has 1 aliphatic heterocycles. The molecule has 1 atom stereocenters. The van der Waals surface area contributed by atoms with Gasteiger partial charge >= 0.3 is 0 Å². The second-order valence-electron chi connectivity index (χ2n) is 4.27. The van der Waals surface area contributed by atoms with E-state index in [-0.39, 0.29) is 17.9 Å². The lowest BCUT2D eigenvalue weighted by Gasteiger charge is -2.24. The Morgan fingerprint density at radius 1 is 1.56 bits per heavy atom. The number of hydrogen-bond acceptors (Lipinski definition) is 3. The highest BCUT2D eigenvalue weighted by Gasteiger charge is 2.30. The fourth-order valence-electron chi connectivity index (χ4n) is 2.15. The van der Waals surface area contributed by atoms with Gasteiger partial charge in [0.15, 0.2) is 0 Å². The summed E-state index contributed by atoms with van der Waals surface area (Å²) in [6.45, 7) is 1.05. The number of carbonyl (C=O) groups excluding carboxylic acids is 1. The molecule has 3 nitrogen and oxygen atoms in total. The summed E-state index contributed by atoms with van der Waals surface area (Å²) >= 11 is 1.77. The number of carbonyl (C=O) groups is 1. The van der Waals surface area contributed by atoms with E-state index in [0.717, 1.165) is 17.7 Å². The Morgan fingerprint density at radius 3 is 3.11 bits per heavy atom. The summed E-state index contributed by atoms with van der Waals surface area (Å²) in [7, 11) is 0.